The zero-order chi connectivity index (χ0) is 10.7. The van der Waals surface area contributed by atoms with Crippen molar-refractivity contribution in [2.75, 3.05) is 18.4 Å². The molecule has 3 nitrogen and oxygen atoms in total. The third-order valence-corrected chi connectivity index (χ3v) is 3.24. The number of hydrogen-bond donors (Lipinski definition) is 0. The molecule has 1 saturated carbocycles. The molecule has 0 atom stereocenters. The zero-order valence-corrected chi connectivity index (χ0v) is 10.8. The Bertz CT molecular complexity index is 307. The molecule has 0 bridgehead atoms. The summed E-state index contributed by atoms with van der Waals surface area (Å²) in [5, 5.41) is 5.27. The Morgan fingerprint density at radius 1 is 1.53 bits per heavy atom. The van der Waals surface area contributed by atoms with Gasteiger partial charge in [0.2, 0.25) is 0 Å². The van der Waals surface area contributed by atoms with Crippen LogP contribution in [0, 0.1) is 0 Å². The highest BCUT2D eigenvalue weighted by atomic mass is 79.9. The lowest BCUT2D eigenvalue weighted by Gasteiger charge is -2.20. The molecular formula is C11H18BrN3. The van der Waals surface area contributed by atoms with Crippen molar-refractivity contribution in [3.05, 3.63) is 18.0 Å². The summed E-state index contributed by atoms with van der Waals surface area (Å²) >= 11 is 3.52. The van der Waals surface area contributed by atoms with Crippen molar-refractivity contribution in [3.8, 4) is 0 Å². The van der Waals surface area contributed by atoms with Crippen molar-refractivity contribution >= 4 is 15.9 Å². The first-order valence-corrected chi connectivity index (χ1v) is 6.69. The van der Waals surface area contributed by atoms with Crippen molar-refractivity contribution in [2.45, 2.75) is 25.3 Å². The van der Waals surface area contributed by atoms with Crippen LogP contribution in [0.1, 0.15) is 18.4 Å². The van der Waals surface area contributed by atoms with Crippen molar-refractivity contribution in [2.24, 2.45) is 7.05 Å². The van der Waals surface area contributed by atoms with Crippen molar-refractivity contribution < 1.29 is 0 Å². The molecule has 4 heteroatoms. The van der Waals surface area contributed by atoms with Crippen LogP contribution in [-0.2, 0) is 13.5 Å². The maximum Gasteiger partial charge on any atom is 0.0522 e. The number of aromatic nitrogens is 2. The minimum atomic E-state index is 0.860. The molecule has 0 aromatic carbocycles. The Morgan fingerprint density at radius 2 is 2.33 bits per heavy atom. The van der Waals surface area contributed by atoms with E-state index in [2.05, 4.69) is 32.1 Å². The lowest BCUT2D eigenvalue weighted by molar-refractivity contribution is 0.284. The van der Waals surface area contributed by atoms with E-state index in [1.807, 2.05) is 17.9 Å². The van der Waals surface area contributed by atoms with Gasteiger partial charge < -0.3 is 0 Å². The molecule has 15 heavy (non-hydrogen) atoms. The summed E-state index contributed by atoms with van der Waals surface area (Å²) in [7, 11) is 1.97. The molecule has 1 aliphatic carbocycles. The SMILES string of the molecule is Cn1cc(CCN(CCBr)C2CC2)cn1. The molecule has 1 heterocycles. The number of rotatable bonds is 6. The van der Waals surface area contributed by atoms with Gasteiger partial charge in [0.25, 0.3) is 0 Å². The molecule has 84 valence electrons. The molecule has 0 amide bonds. The van der Waals surface area contributed by atoms with Gasteiger partial charge in [-0.3, -0.25) is 9.58 Å². The van der Waals surface area contributed by atoms with Gasteiger partial charge in [-0.1, -0.05) is 15.9 Å². The fraction of sp³-hybridized carbons (Fsp3) is 0.727. The second-order valence-electron chi connectivity index (χ2n) is 4.23. The molecule has 0 aliphatic heterocycles. The summed E-state index contributed by atoms with van der Waals surface area (Å²) < 4.78 is 1.88. The van der Waals surface area contributed by atoms with Crippen LogP contribution in [0.25, 0.3) is 0 Å². The van der Waals surface area contributed by atoms with E-state index in [-0.39, 0.29) is 0 Å². The molecule has 0 unspecified atom stereocenters. The molecule has 1 aliphatic rings. The van der Waals surface area contributed by atoms with Crippen molar-refractivity contribution in [3.63, 3.8) is 0 Å². The molecule has 1 fully saturated rings. The average Bonchev–Trinajstić information content (AvgIpc) is 2.97. The van der Waals surface area contributed by atoms with Crippen LogP contribution in [0.5, 0.6) is 0 Å². The topological polar surface area (TPSA) is 21.1 Å². The predicted octanol–water partition coefficient (Wildman–Crippen LogP) is 1.82. The summed E-state index contributed by atoms with van der Waals surface area (Å²) in [6.45, 7) is 2.34. The molecule has 1 aromatic heterocycles. The Hall–Kier alpha value is -0.350. The number of aryl methyl sites for hydroxylation is 1. The first kappa shape index (κ1) is 11.1. The highest BCUT2D eigenvalue weighted by molar-refractivity contribution is 9.09. The van der Waals surface area contributed by atoms with Crippen LogP contribution < -0.4 is 0 Å². The normalized spacial score (nSPS) is 16.2. The van der Waals surface area contributed by atoms with Crippen molar-refractivity contribution in [1.29, 1.82) is 0 Å². The fourth-order valence-electron chi connectivity index (χ4n) is 1.90. The van der Waals surface area contributed by atoms with E-state index >= 15 is 0 Å². The van der Waals surface area contributed by atoms with E-state index in [0.29, 0.717) is 0 Å². The van der Waals surface area contributed by atoms with Crippen LogP contribution in [0.15, 0.2) is 12.4 Å². The van der Waals surface area contributed by atoms with Gasteiger partial charge in [-0.05, 0) is 24.8 Å². The molecule has 1 aromatic rings. The van der Waals surface area contributed by atoms with Gasteiger partial charge in [-0.25, -0.2) is 0 Å². The van der Waals surface area contributed by atoms with Crippen LogP contribution in [0.2, 0.25) is 0 Å². The van der Waals surface area contributed by atoms with E-state index in [9.17, 15) is 0 Å². The highest BCUT2D eigenvalue weighted by Crippen LogP contribution is 2.26. The maximum atomic E-state index is 4.19. The minimum Gasteiger partial charge on any atom is -0.299 e. The van der Waals surface area contributed by atoms with Crippen LogP contribution in [0.4, 0.5) is 0 Å². The molecule has 2 rings (SSSR count). The van der Waals surface area contributed by atoms with E-state index in [1.54, 1.807) is 0 Å². The molecule has 0 N–H and O–H groups in total. The number of alkyl halides is 1. The van der Waals surface area contributed by atoms with Crippen LogP contribution >= 0.6 is 15.9 Å². The number of hydrogen-bond acceptors (Lipinski definition) is 2. The quantitative estimate of drug-likeness (QED) is 0.737. The van der Waals surface area contributed by atoms with Crippen molar-refractivity contribution in [1.82, 2.24) is 14.7 Å². The van der Waals surface area contributed by atoms with E-state index in [1.165, 1.54) is 31.5 Å². The summed E-state index contributed by atoms with van der Waals surface area (Å²) in [4.78, 5) is 2.59. The monoisotopic (exact) mass is 271 g/mol. The summed E-state index contributed by atoms with van der Waals surface area (Å²) in [5.41, 5.74) is 1.35. The fourth-order valence-corrected chi connectivity index (χ4v) is 2.35. The standard InChI is InChI=1S/C11H18BrN3/c1-14-9-10(8-13-14)4-6-15(7-5-12)11-2-3-11/h8-9,11H,2-7H2,1H3. The summed E-state index contributed by atoms with van der Waals surface area (Å²) in [6.07, 6.45) is 7.98. The van der Waals surface area contributed by atoms with Gasteiger partial charge in [-0.15, -0.1) is 0 Å². The van der Waals surface area contributed by atoms with Gasteiger partial charge in [-0.2, -0.15) is 5.10 Å². The van der Waals surface area contributed by atoms with E-state index in [0.717, 1.165) is 17.8 Å². The Morgan fingerprint density at radius 3 is 2.87 bits per heavy atom. The first-order chi connectivity index (χ1) is 7.29. The summed E-state index contributed by atoms with van der Waals surface area (Å²) in [5.74, 6) is 0. The van der Waals surface area contributed by atoms with Crippen LogP contribution in [-0.4, -0.2) is 39.1 Å². The smallest absolute Gasteiger partial charge is 0.0522 e. The first-order valence-electron chi connectivity index (χ1n) is 5.57. The van der Waals surface area contributed by atoms with Gasteiger partial charge in [0.1, 0.15) is 0 Å². The predicted molar refractivity (Wildman–Crippen MR) is 65.3 cm³/mol. The minimum absolute atomic E-state index is 0.860. The van der Waals surface area contributed by atoms with E-state index < -0.39 is 0 Å². The summed E-state index contributed by atoms with van der Waals surface area (Å²) in [6, 6.07) is 0.860. The second-order valence-corrected chi connectivity index (χ2v) is 5.02. The van der Waals surface area contributed by atoms with Gasteiger partial charge in [0.05, 0.1) is 6.20 Å². The molecule has 0 radical (unpaired) electrons. The molecule has 0 spiro atoms. The zero-order valence-electron chi connectivity index (χ0n) is 9.19. The Labute approximate surface area is 99.6 Å². The second kappa shape index (κ2) is 5.12. The van der Waals surface area contributed by atoms with E-state index in [4.69, 9.17) is 0 Å². The lowest BCUT2D eigenvalue weighted by atomic mass is 10.2. The maximum absolute atomic E-state index is 4.19. The Balaban J connectivity index is 1.79. The molecule has 0 saturated heterocycles. The van der Waals surface area contributed by atoms with Crippen LogP contribution in [0.3, 0.4) is 0 Å². The lowest BCUT2D eigenvalue weighted by Crippen LogP contribution is -2.30. The number of nitrogens with zero attached hydrogens (tertiary/aromatic N) is 3. The largest absolute Gasteiger partial charge is 0.299 e. The highest BCUT2D eigenvalue weighted by Gasteiger charge is 2.27. The van der Waals surface area contributed by atoms with Gasteiger partial charge in [0, 0.05) is 37.7 Å². The third kappa shape index (κ3) is 3.31. The van der Waals surface area contributed by atoms with Gasteiger partial charge >= 0.3 is 0 Å². The average molecular weight is 272 g/mol. The third-order valence-electron chi connectivity index (χ3n) is 2.88. The van der Waals surface area contributed by atoms with Gasteiger partial charge in [0.15, 0.2) is 0 Å². The molecular weight excluding hydrogens is 254 g/mol. The Kier molecular flexibility index (Phi) is 3.81. The number of halogens is 1.